The lowest BCUT2D eigenvalue weighted by Crippen LogP contribution is -2.28. The number of phenols is 1. The van der Waals surface area contributed by atoms with Gasteiger partial charge in [0.2, 0.25) is 0 Å². The minimum absolute atomic E-state index is 0.0958. The lowest BCUT2D eigenvalue weighted by atomic mass is 10.2. The fourth-order valence-corrected chi connectivity index (χ4v) is 3.22. The second kappa shape index (κ2) is 6.28. The second-order valence-electron chi connectivity index (χ2n) is 4.75. The van der Waals surface area contributed by atoms with Gasteiger partial charge in [0, 0.05) is 0 Å². The highest BCUT2D eigenvalue weighted by atomic mass is 35.5. The van der Waals surface area contributed by atoms with Crippen LogP contribution in [-0.2, 0) is 4.79 Å². The zero-order chi connectivity index (χ0) is 16.6. The molecule has 2 aromatic carbocycles. The van der Waals surface area contributed by atoms with Crippen LogP contribution in [0.1, 0.15) is 5.56 Å². The van der Waals surface area contributed by atoms with Crippen LogP contribution in [0, 0.1) is 5.41 Å². The van der Waals surface area contributed by atoms with Crippen molar-refractivity contribution >= 4 is 57.8 Å². The molecule has 2 N–H and O–H groups in total. The highest BCUT2D eigenvalue weighted by molar-refractivity contribution is 8.19. The van der Waals surface area contributed by atoms with Crippen LogP contribution in [0.25, 0.3) is 6.08 Å². The van der Waals surface area contributed by atoms with Crippen LogP contribution in [0.5, 0.6) is 5.75 Å². The molecule has 0 spiro atoms. The molecule has 2 aromatic rings. The van der Waals surface area contributed by atoms with Crippen LogP contribution in [-0.4, -0.2) is 16.2 Å². The molecule has 0 aromatic heterocycles. The highest BCUT2D eigenvalue weighted by Gasteiger charge is 2.33. The second-order valence-corrected chi connectivity index (χ2v) is 6.59. The summed E-state index contributed by atoms with van der Waals surface area (Å²) in [5.41, 5.74) is 1.26. The molecule has 1 fully saturated rings. The largest absolute Gasteiger partial charge is 0.508 e. The maximum Gasteiger partial charge on any atom is 0.271 e. The van der Waals surface area contributed by atoms with E-state index >= 15 is 0 Å². The summed E-state index contributed by atoms with van der Waals surface area (Å²) in [4.78, 5) is 14.3. The third-order valence-corrected chi connectivity index (χ3v) is 4.80. The molecule has 116 valence electrons. The fraction of sp³-hybridized carbons (Fsp3) is 0. The van der Waals surface area contributed by atoms with E-state index in [0.29, 0.717) is 20.6 Å². The quantitative estimate of drug-likeness (QED) is 0.755. The standard InChI is InChI=1S/C16H10Cl2N2O2S/c17-12-6-3-10(8-13(12)18)20-15(22)14(23-16(20)19)7-9-1-4-11(21)5-2-9/h1-8,19,21H/b14-7-,19-16?. The molecule has 1 aliphatic rings. The molecule has 0 bridgehead atoms. The molecular formula is C16H10Cl2N2O2S. The summed E-state index contributed by atoms with van der Waals surface area (Å²) in [7, 11) is 0. The van der Waals surface area contributed by atoms with E-state index in [4.69, 9.17) is 28.6 Å². The van der Waals surface area contributed by atoms with Crippen molar-refractivity contribution in [1.82, 2.24) is 0 Å². The topological polar surface area (TPSA) is 64.4 Å². The van der Waals surface area contributed by atoms with Gasteiger partial charge in [-0.2, -0.15) is 0 Å². The van der Waals surface area contributed by atoms with Gasteiger partial charge < -0.3 is 5.11 Å². The molecule has 23 heavy (non-hydrogen) atoms. The summed E-state index contributed by atoms with van der Waals surface area (Å²) in [6, 6.07) is 11.3. The molecule has 0 aliphatic carbocycles. The van der Waals surface area contributed by atoms with Crippen LogP contribution in [0.3, 0.4) is 0 Å². The minimum Gasteiger partial charge on any atom is -0.508 e. The Morgan fingerprint density at radius 1 is 1.09 bits per heavy atom. The van der Waals surface area contributed by atoms with Crippen molar-refractivity contribution in [3.8, 4) is 5.75 Å². The average Bonchev–Trinajstić information content (AvgIpc) is 2.79. The maximum absolute atomic E-state index is 12.6. The molecule has 0 unspecified atom stereocenters. The minimum atomic E-state index is -0.300. The van der Waals surface area contributed by atoms with E-state index in [9.17, 15) is 9.90 Å². The normalized spacial score (nSPS) is 16.4. The molecule has 1 saturated heterocycles. The Morgan fingerprint density at radius 2 is 1.78 bits per heavy atom. The molecule has 1 amide bonds. The summed E-state index contributed by atoms with van der Waals surface area (Å²) in [5, 5.41) is 18.1. The van der Waals surface area contributed by atoms with Crippen molar-refractivity contribution in [2.75, 3.05) is 4.90 Å². The Balaban J connectivity index is 1.93. The van der Waals surface area contributed by atoms with Gasteiger partial charge in [-0.05, 0) is 53.7 Å². The SMILES string of the molecule is N=C1S/C(=C\c2ccc(O)cc2)C(=O)N1c1ccc(Cl)c(Cl)c1. The number of rotatable bonds is 2. The van der Waals surface area contributed by atoms with Crippen molar-refractivity contribution in [2.45, 2.75) is 0 Å². The van der Waals surface area contributed by atoms with Gasteiger partial charge in [0.25, 0.3) is 5.91 Å². The van der Waals surface area contributed by atoms with Crippen LogP contribution >= 0.6 is 35.0 Å². The number of aromatic hydroxyl groups is 1. The summed E-state index contributed by atoms with van der Waals surface area (Å²) >= 11 is 12.9. The van der Waals surface area contributed by atoms with Crippen molar-refractivity contribution in [3.63, 3.8) is 0 Å². The van der Waals surface area contributed by atoms with Gasteiger partial charge in [-0.3, -0.25) is 15.1 Å². The Hall–Kier alpha value is -1.95. The van der Waals surface area contributed by atoms with Crippen LogP contribution in [0.15, 0.2) is 47.4 Å². The lowest BCUT2D eigenvalue weighted by Gasteiger charge is -2.14. The van der Waals surface area contributed by atoms with Gasteiger partial charge in [0.1, 0.15) is 5.75 Å². The van der Waals surface area contributed by atoms with E-state index in [0.717, 1.165) is 17.3 Å². The third-order valence-electron chi connectivity index (χ3n) is 3.18. The van der Waals surface area contributed by atoms with E-state index in [1.165, 1.54) is 4.90 Å². The molecule has 4 nitrogen and oxygen atoms in total. The van der Waals surface area contributed by atoms with E-state index in [1.807, 2.05) is 0 Å². The number of nitrogens with zero attached hydrogens (tertiary/aromatic N) is 1. The Labute approximate surface area is 146 Å². The van der Waals surface area contributed by atoms with Gasteiger partial charge >= 0.3 is 0 Å². The number of anilines is 1. The number of nitrogens with one attached hydrogen (secondary N) is 1. The summed E-state index contributed by atoms with van der Waals surface area (Å²) in [6.45, 7) is 0. The fourth-order valence-electron chi connectivity index (χ4n) is 2.07. The van der Waals surface area contributed by atoms with Crippen LogP contribution in [0.4, 0.5) is 5.69 Å². The number of benzene rings is 2. The predicted octanol–water partition coefficient (Wildman–Crippen LogP) is 4.75. The van der Waals surface area contributed by atoms with Crippen molar-refractivity contribution < 1.29 is 9.90 Å². The first-order valence-electron chi connectivity index (χ1n) is 6.52. The molecule has 0 atom stereocenters. The molecule has 1 heterocycles. The van der Waals surface area contributed by atoms with Crippen LogP contribution < -0.4 is 4.90 Å². The van der Waals surface area contributed by atoms with Gasteiger partial charge in [-0.1, -0.05) is 35.3 Å². The molecular weight excluding hydrogens is 355 g/mol. The Morgan fingerprint density at radius 3 is 2.43 bits per heavy atom. The van der Waals surface area contributed by atoms with Crippen molar-refractivity contribution in [1.29, 1.82) is 5.41 Å². The van der Waals surface area contributed by atoms with Crippen molar-refractivity contribution in [2.24, 2.45) is 0 Å². The van der Waals surface area contributed by atoms with Gasteiger partial charge in [0.05, 0.1) is 20.6 Å². The zero-order valence-electron chi connectivity index (χ0n) is 11.6. The highest BCUT2D eigenvalue weighted by Crippen LogP contribution is 2.37. The van der Waals surface area contributed by atoms with Crippen LogP contribution in [0.2, 0.25) is 10.0 Å². The number of carbonyl (C=O) groups excluding carboxylic acids is 1. The maximum atomic E-state index is 12.6. The average molecular weight is 365 g/mol. The molecule has 1 aliphatic heterocycles. The summed E-state index contributed by atoms with van der Waals surface area (Å²) in [5.74, 6) is -0.144. The Kier molecular flexibility index (Phi) is 4.35. The first-order chi connectivity index (χ1) is 11.0. The lowest BCUT2D eigenvalue weighted by molar-refractivity contribution is -0.113. The molecule has 0 saturated carbocycles. The summed E-state index contributed by atoms with van der Waals surface area (Å²) < 4.78 is 0. The zero-order valence-corrected chi connectivity index (χ0v) is 13.9. The molecule has 0 radical (unpaired) electrons. The number of hydrogen-bond donors (Lipinski definition) is 2. The third kappa shape index (κ3) is 3.22. The van der Waals surface area contributed by atoms with E-state index in [-0.39, 0.29) is 16.8 Å². The van der Waals surface area contributed by atoms with E-state index in [1.54, 1.807) is 48.5 Å². The van der Waals surface area contributed by atoms with Gasteiger partial charge in [-0.15, -0.1) is 0 Å². The van der Waals surface area contributed by atoms with E-state index < -0.39 is 0 Å². The summed E-state index contributed by atoms with van der Waals surface area (Å²) in [6.07, 6.45) is 1.68. The number of thioether (sulfide) groups is 1. The first kappa shape index (κ1) is 15.9. The number of amidine groups is 1. The number of amides is 1. The number of carbonyl (C=O) groups is 1. The Bertz CT molecular complexity index is 834. The number of halogens is 2. The first-order valence-corrected chi connectivity index (χ1v) is 8.09. The smallest absolute Gasteiger partial charge is 0.271 e. The van der Waals surface area contributed by atoms with Gasteiger partial charge in [-0.25, -0.2) is 0 Å². The van der Waals surface area contributed by atoms with Crippen molar-refractivity contribution in [3.05, 3.63) is 63.0 Å². The molecule has 7 heteroatoms. The monoisotopic (exact) mass is 364 g/mol. The number of hydrogen-bond acceptors (Lipinski definition) is 4. The predicted molar refractivity (Wildman–Crippen MR) is 95.3 cm³/mol. The number of phenolic OH excluding ortho intramolecular Hbond substituents is 1. The van der Waals surface area contributed by atoms with E-state index in [2.05, 4.69) is 0 Å². The van der Waals surface area contributed by atoms with Gasteiger partial charge in [0.15, 0.2) is 5.17 Å². The molecule has 3 rings (SSSR count).